The second-order valence-corrected chi connectivity index (χ2v) is 3.43. The zero-order valence-electron chi connectivity index (χ0n) is 7.81. The lowest BCUT2D eigenvalue weighted by atomic mass is 10.1. The number of rotatable bonds is 2. The number of fused-ring (bicyclic) bond motifs is 1. The average Bonchev–Trinajstić information content (AvgIpc) is 2.69. The van der Waals surface area contributed by atoms with Crippen LogP contribution in [0.25, 0.3) is 15.9 Å². The maximum atomic E-state index is 8.28. The Morgan fingerprint density at radius 3 is 3.00 bits per heavy atom. The summed E-state index contributed by atoms with van der Waals surface area (Å²) in [5.41, 5.74) is 1.92. The molecule has 0 bridgehead atoms. The molecular weight excluding hydrogens is 212 g/mol. The number of hydrogen-bond acceptors (Lipinski definition) is 2. The monoisotopic (exact) mass is 220 g/mol. The van der Waals surface area contributed by atoms with Gasteiger partial charge in [-0.2, -0.15) is 0 Å². The first-order valence-corrected chi connectivity index (χ1v) is 4.80. The van der Waals surface area contributed by atoms with E-state index in [1.807, 2.05) is 30.5 Å². The molecule has 0 radical (unpaired) electrons. The summed E-state index contributed by atoms with van der Waals surface area (Å²) < 4.78 is 0. The zero-order chi connectivity index (χ0) is 10.7. The summed E-state index contributed by atoms with van der Waals surface area (Å²) in [4.78, 5) is 3.11. The van der Waals surface area contributed by atoms with Crippen LogP contribution in [0.2, 0.25) is 0 Å². The smallest absolute Gasteiger partial charge is 0.0676 e. The molecule has 0 saturated carbocycles. The van der Waals surface area contributed by atoms with Gasteiger partial charge in [-0.25, -0.2) is 0 Å². The number of nitrogens with one attached hydrogen (secondary N) is 1. The number of aromatic nitrogens is 1. The third-order valence-electron chi connectivity index (χ3n) is 2.13. The van der Waals surface area contributed by atoms with Crippen molar-refractivity contribution in [2.45, 2.75) is 0 Å². The van der Waals surface area contributed by atoms with Gasteiger partial charge in [0.15, 0.2) is 0 Å². The van der Waals surface area contributed by atoms with E-state index in [9.17, 15) is 0 Å². The molecule has 1 aromatic carbocycles. The first kappa shape index (κ1) is 9.80. The van der Waals surface area contributed by atoms with E-state index >= 15 is 0 Å². The summed E-state index contributed by atoms with van der Waals surface area (Å²) in [5.74, 6) is 0. The van der Waals surface area contributed by atoms with Gasteiger partial charge in [-0.05, 0) is 12.1 Å². The number of para-hydroxylation sites is 1. The maximum Gasteiger partial charge on any atom is 0.0676 e. The minimum absolute atomic E-state index is 0.533. The van der Waals surface area contributed by atoms with E-state index in [0.717, 1.165) is 16.5 Å². The molecule has 76 valence electrons. The molecule has 1 aromatic heterocycles. The van der Waals surface area contributed by atoms with Gasteiger partial charge in [0.1, 0.15) is 0 Å². The van der Waals surface area contributed by atoms with Crippen molar-refractivity contribution in [1.82, 2.24) is 4.98 Å². The summed E-state index contributed by atoms with van der Waals surface area (Å²) in [6, 6.07) is 7.86. The Morgan fingerprint density at radius 1 is 1.40 bits per heavy atom. The van der Waals surface area contributed by atoms with Crippen molar-refractivity contribution in [3.63, 3.8) is 0 Å². The second-order valence-electron chi connectivity index (χ2n) is 3.03. The number of hydrogen-bond donors (Lipinski definition) is 2. The summed E-state index contributed by atoms with van der Waals surface area (Å²) in [6.45, 7) is 0. The molecular formula is C11H9ClN2O. The lowest BCUT2D eigenvalue weighted by Gasteiger charge is -1.94. The first-order chi connectivity index (χ1) is 7.33. The fraction of sp³-hybridized carbons (Fsp3) is 0. The molecule has 2 aromatic rings. The fourth-order valence-electron chi connectivity index (χ4n) is 1.46. The van der Waals surface area contributed by atoms with Crippen LogP contribution in [0.4, 0.5) is 0 Å². The van der Waals surface area contributed by atoms with Gasteiger partial charge in [-0.3, -0.25) is 0 Å². The molecule has 0 fully saturated rings. The van der Waals surface area contributed by atoms with Crippen molar-refractivity contribution in [3.8, 4) is 0 Å². The molecule has 2 N–H and O–H groups in total. The molecule has 0 atom stereocenters. The SMILES string of the molecule is O/N=C/C=C(\Cl)c1c[nH]c2ccccc12. The van der Waals surface area contributed by atoms with Crippen LogP contribution in [0.5, 0.6) is 0 Å². The Bertz CT molecular complexity index is 528. The van der Waals surface area contributed by atoms with Gasteiger partial charge in [0.2, 0.25) is 0 Å². The lowest BCUT2D eigenvalue weighted by molar-refractivity contribution is 0.322. The van der Waals surface area contributed by atoms with Crippen LogP contribution in [-0.4, -0.2) is 16.4 Å². The van der Waals surface area contributed by atoms with E-state index in [4.69, 9.17) is 16.8 Å². The fourth-order valence-corrected chi connectivity index (χ4v) is 1.67. The molecule has 0 saturated heterocycles. The molecule has 1 heterocycles. The van der Waals surface area contributed by atoms with Crippen LogP contribution in [-0.2, 0) is 0 Å². The van der Waals surface area contributed by atoms with Crippen molar-refractivity contribution in [2.24, 2.45) is 5.16 Å². The van der Waals surface area contributed by atoms with Crippen molar-refractivity contribution >= 4 is 33.8 Å². The highest BCUT2D eigenvalue weighted by atomic mass is 35.5. The maximum absolute atomic E-state index is 8.28. The molecule has 0 aliphatic rings. The number of nitrogens with zero attached hydrogens (tertiary/aromatic N) is 1. The van der Waals surface area contributed by atoms with E-state index in [0.29, 0.717) is 5.03 Å². The van der Waals surface area contributed by atoms with E-state index in [2.05, 4.69) is 10.1 Å². The third kappa shape index (κ3) is 1.87. The molecule has 3 nitrogen and oxygen atoms in total. The number of H-pyrrole nitrogens is 1. The Balaban J connectivity index is 2.52. The Hall–Kier alpha value is -1.74. The molecule has 0 aliphatic carbocycles. The highest BCUT2D eigenvalue weighted by Gasteiger charge is 2.04. The van der Waals surface area contributed by atoms with E-state index in [-0.39, 0.29) is 0 Å². The summed E-state index contributed by atoms with van der Waals surface area (Å²) in [5, 5.41) is 12.7. The number of aromatic amines is 1. The minimum Gasteiger partial charge on any atom is -0.411 e. The predicted octanol–water partition coefficient (Wildman–Crippen LogP) is 3.21. The molecule has 0 spiro atoms. The van der Waals surface area contributed by atoms with Crippen molar-refractivity contribution in [2.75, 3.05) is 0 Å². The van der Waals surface area contributed by atoms with Crippen LogP contribution in [0.15, 0.2) is 41.7 Å². The third-order valence-corrected chi connectivity index (χ3v) is 2.46. The van der Waals surface area contributed by atoms with Crippen LogP contribution in [0.1, 0.15) is 5.56 Å². The van der Waals surface area contributed by atoms with Gasteiger partial charge in [-0.15, -0.1) is 0 Å². The summed E-state index contributed by atoms with van der Waals surface area (Å²) in [7, 11) is 0. The van der Waals surface area contributed by atoms with Crippen molar-refractivity contribution in [3.05, 3.63) is 42.1 Å². The number of benzene rings is 1. The highest BCUT2D eigenvalue weighted by Crippen LogP contribution is 2.26. The average molecular weight is 221 g/mol. The second kappa shape index (κ2) is 4.19. The molecule has 2 rings (SSSR count). The number of allylic oxidation sites excluding steroid dienone is 1. The first-order valence-electron chi connectivity index (χ1n) is 4.42. The van der Waals surface area contributed by atoms with Gasteiger partial charge in [0, 0.05) is 22.7 Å². The van der Waals surface area contributed by atoms with Gasteiger partial charge < -0.3 is 10.2 Å². The Labute approximate surface area is 91.7 Å². The molecule has 4 heteroatoms. The largest absolute Gasteiger partial charge is 0.411 e. The Kier molecular flexibility index (Phi) is 2.74. The predicted molar refractivity (Wildman–Crippen MR) is 62.4 cm³/mol. The molecule has 0 unspecified atom stereocenters. The van der Waals surface area contributed by atoms with Gasteiger partial charge in [0.25, 0.3) is 0 Å². The van der Waals surface area contributed by atoms with Gasteiger partial charge in [0.05, 0.1) is 11.2 Å². The lowest BCUT2D eigenvalue weighted by Crippen LogP contribution is -1.74. The van der Waals surface area contributed by atoms with Gasteiger partial charge >= 0.3 is 0 Å². The quantitative estimate of drug-likeness (QED) is 0.456. The van der Waals surface area contributed by atoms with E-state index in [1.54, 1.807) is 0 Å². The van der Waals surface area contributed by atoms with E-state index < -0.39 is 0 Å². The normalized spacial score (nSPS) is 12.7. The highest BCUT2D eigenvalue weighted by molar-refractivity contribution is 6.50. The summed E-state index contributed by atoms with van der Waals surface area (Å²) in [6.07, 6.45) is 4.61. The van der Waals surface area contributed by atoms with Crippen LogP contribution in [0, 0.1) is 0 Å². The van der Waals surface area contributed by atoms with Crippen LogP contribution in [0.3, 0.4) is 0 Å². The topological polar surface area (TPSA) is 48.4 Å². The van der Waals surface area contributed by atoms with E-state index in [1.165, 1.54) is 12.3 Å². The standard InChI is InChI=1S/C11H9ClN2O/c12-10(5-6-14-15)9-7-13-11-4-2-1-3-8(9)11/h1-7,13,15H/b10-5-,14-6+. The van der Waals surface area contributed by atoms with Crippen molar-refractivity contribution < 1.29 is 5.21 Å². The molecule has 0 aliphatic heterocycles. The number of oxime groups is 1. The van der Waals surface area contributed by atoms with Crippen LogP contribution < -0.4 is 0 Å². The minimum atomic E-state index is 0.533. The van der Waals surface area contributed by atoms with Gasteiger partial charge in [-0.1, -0.05) is 35.0 Å². The summed E-state index contributed by atoms with van der Waals surface area (Å²) >= 11 is 6.04. The van der Waals surface area contributed by atoms with Crippen LogP contribution >= 0.6 is 11.6 Å². The molecule has 0 amide bonds. The zero-order valence-corrected chi connectivity index (χ0v) is 8.57. The number of halogens is 1. The Morgan fingerprint density at radius 2 is 2.20 bits per heavy atom. The van der Waals surface area contributed by atoms with Crippen molar-refractivity contribution in [1.29, 1.82) is 0 Å². The molecule has 15 heavy (non-hydrogen) atoms.